The maximum atomic E-state index is 11.2. The lowest BCUT2D eigenvalue weighted by molar-refractivity contribution is -0.384. The van der Waals surface area contributed by atoms with Crippen LogP contribution in [0.3, 0.4) is 0 Å². The SMILES string of the molecule is CCCn1nc(C)c([N+](=O)[O-])c1NCC1CCCN1C. The Labute approximate surface area is 119 Å². The van der Waals surface area contributed by atoms with Crippen molar-refractivity contribution in [1.82, 2.24) is 14.7 Å². The molecular formula is C13H23N5O2. The highest BCUT2D eigenvalue weighted by Crippen LogP contribution is 2.29. The van der Waals surface area contributed by atoms with Crippen molar-refractivity contribution < 1.29 is 4.92 Å². The zero-order chi connectivity index (χ0) is 14.7. The van der Waals surface area contributed by atoms with Crippen LogP contribution in [0.5, 0.6) is 0 Å². The summed E-state index contributed by atoms with van der Waals surface area (Å²) in [5.41, 5.74) is 0.588. The van der Waals surface area contributed by atoms with E-state index in [-0.39, 0.29) is 10.6 Å². The lowest BCUT2D eigenvalue weighted by atomic mass is 10.2. The first-order valence-electron chi connectivity index (χ1n) is 7.20. The van der Waals surface area contributed by atoms with E-state index in [2.05, 4.69) is 22.4 Å². The summed E-state index contributed by atoms with van der Waals surface area (Å²) in [6, 6.07) is 0.444. The molecule has 7 heteroatoms. The second-order valence-corrected chi connectivity index (χ2v) is 5.42. The Morgan fingerprint density at radius 2 is 2.30 bits per heavy atom. The number of rotatable bonds is 6. The highest BCUT2D eigenvalue weighted by Gasteiger charge is 2.27. The number of likely N-dealkylation sites (tertiary alicyclic amines) is 1. The number of nitrogens with one attached hydrogen (secondary N) is 1. The Morgan fingerprint density at radius 3 is 2.85 bits per heavy atom. The maximum absolute atomic E-state index is 11.2. The highest BCUT2D eigenvalue weighted by atomic mass is 16.6. The number of aromatic nitrogens is 2. The third-order valence-corrected chi connectivity index (χ3v) is 3.89. The Hall–Kier alpha value is -1.63. The van der Waals surface area contributed by atoms with Gasteiger partial charge in [0.25, 0.3) is 0 Å². The number of hydrogen-bond acceptors (Lipinski definition) is 5. The highest BCUT2D eigenvalue weighted by molar-refractivity contribution is 5.59. The van der Waals surface area contributed by atoms with Gasteiger partial charge in [-0.15, -0.1) is 0 Å². The number of aryl methyl sites for hydroxylation is 2. The Morgan fingerprint density at radius 1 is 1.55 bits per heavy atom. The average Bonchev–Trinajstić information content (AvgIpc) is 2.91. The molecule has 112 valence electrons. The van der Waals surface area contributed by atoms with Crippen LogP contribution in [-0.2, 0) is 6.54 Å². The van der Waals surface area contributed by atoms with Gasteiger partial charge in [-0.3, -0.25) is 10.1 Å². The number of nitrogens with zero attached hydrogens (tertiary/aromatic N) is 4. The minimum atomic E-state index is -0.338. The summed E-state index contributed by atoms with van der Waals surface area (Å²) in [6.07, 6.45) is 3.23. The van der Waals surface area contributed by atoms with Crippen LogP contribution in [0.1, 0.15) is 31.9 Å². The van der Waals surface area contributed by atoms with Gasteiger partial charge in [-0.2, -0.15) is 5.10 Å². The molecule has 0 bridgehead atoms. The molecule has 7 nitrogen and oxygen atoms in total. The summed E-state index contributed by atoms with van der Waals surface area (Å²) in [4.78, 5) is 13.2. The predicted octanol–water partition coefficient (Wildman–Crippen LogP) is 2.02. The van der Waals surface area contributed by atoms with Crippen molar-refractivity contribution in [3.05, 3.63) is 15.8 Å². The molecule has 0 spiro atoms. The van der Waals surface area contributed by atoms with Gasteiger partial charge in [0, 0.05) is 19.1 Å². The summed E-state index contributed by atoms with van der Waals surface area (Å²) < 4.78 is 1.72. The molecule has 1 atom stereocenters. The van der Waals surface area contributed by atoms with Crippen molar-refractivity contribution in [2.75, 3.05) is 25.5 Å². The van der Waals surface area contributed by atoms with Gasteiger partial charge in [-0.05, 0) is 39.8 Å². The molecule has 1 aliphatic heterocycles. The van der Waals surface area contributed by atoms with E-state index in [0.29, 0.717) is 24.1 Å². The van der Waals surface area contributed by atoms with Gasteiger partial charge in [0.1, 0.15) is 5.69 Å². The molecule has 1 saturated heterocycles. The molecule has 2 rings (SSSR count). The summed E-state index contributed by atoms with van der Waals surface area (Å²) in [7, 11) is 2.10. The summed E-state index contributed by atoms with van der Waals surface area (Å²) >= 11 is 0. The van der Waals surface area contributed by atoms with Crippen molar-refractivity contribution in [3.63, 3.8) is 0 Å². The third-order valence-electron chi connectivity index (χ3n) is 3.89. The lowest BCUT2D eigenvalue weighted by Crippen LogP contribution is -2.32. The molecule has 0 radical (unpaired) electrons. The van der Waals surface area contributed by atoms with E-state index in [9.17, 15) is 10.1 Å². The molecule has 20 heavy (non-hydrogen) atoms. The van der Waals surface area contributed by atoms with E-state index < -0.39 is 0 Å². The normalized spacial score (nSPS) is 19.4. The second-order valence-electron chi connectivity index (χ2n) is 5.42. The fraction of sp³-hybridized carbons (Fsp3) is 0.769. The molecule has 1 unspecified atom stereocenters. The Bertz CT molecular complexity index is 485. The van der Waals surface area contributed by atoms with Gasteiger partial charge < -0.3 is 10.2 Å². The van der Waals surface area contributed by atoms with Crippen molar-refractivity contribution in [2.24, 2.45) is 0 Å². The first-order chi connectivity index (χ1) is 9.54. The van der Waals surface area contributed by atoms with Gasteiger partial charge in [0.15, 0.2) is 0 Å². The van der Waals surface area contributed by atoms with E-state index in [1.807, 2.05) is 6.92 Å². The quantitative estimate of drug-likeness (QED) is 0.637. The van der Waals surface area contributed by atoms with E-state index >= 15 is 0 Å². The first kappa shape index (κ1) is 14.8. The molecular weight excluding hydrogens is 258 g/mol. The largest absolute Gasteiger partial charge is 0.363 e. The number of hydrogen-bond donors (Lipinski definition) is 1. The molecule has 0 aliphatic carbocycles. The lowest BCUT2D eigenvalue weighted by Gasteiger charge is -2.20. The van der Waals surface area contributed by atoms with Crippen LogP contribution in [0.4, 0.5) is 11.5 Å². The molecule has 1 N–H and O–H groups in total. The van der Waals surface area contributed by atoms with Crippen molar-refractivity contribution in [1.29, 1.82) is 0 Å². The van der Waals surface area contributed by atoms with E-state index in [1.165, 1.54) is 6.42 Å². The van der Waals surface area contributed by atoms with Crippen molar-refractivity contribution in [3.8, 4) is 0 Å². The Balaban J connectivity index is 2.17. The maximum Gasteiger partial charge on any atom is 0.333 e. The van der Waals surface area contributed by atoms with E-state index in [1.54, 1.807) is 11.6 Å². The monoisotopic (exact) mass is 281 g/mol. The smallest absolute Gasteiger partial charge is 0.333 e. The number of anilines is 1. The van der Waals surface area contributed by atoms with E-state index in [0.717, 1.165) is 25.9 Å². The zero-order valence-electron chi connectivity index (χ0n) is 12.4. The van der Waals surface area contributed by atoms with Gasteiger partial charge >= 0.3 is 5.69 Å². The van der Waals surface area contributed by atoms with Crippen LogP contribution in [0.15, 0.2) is 0 Å². The van der Waals surface area contributed by atoms with Gasteiger partial charge in [0.2, 0.25) is 5.82 Å². The van der Waals surface area contributed by atoms with Crippen LogP contribution in [0, 0.1) is 17.0 Å². The van der Waals surface area contributed by atoms with E-state index in [4.69, 9.17) is 0 Å². The summed E-state index contributed by atoms with van der Waals surface area (Å²) in [6.45, 7) is 6.25. The van der Waals surface area contributed by atoms with Crippen LogP contribution in [-0.4, -0.2) is 45.8 Å². The fourth-order valence-corrected chi connectivity index (χ4v) is 2.79. The molecule has 0 saturated carbocycles. The van der Waals surface area contributed by atoms with Crippen LogP contribution in [0.25, 0.3) is 0 Å². The van der Waals surface area contributed by atoms with Crippen molar-refractivity contribution in [2.45, 2.75) is 45.7 Å². The third kappa shape index (κ3) is 2.92. The average molecular weight is 281 g/mol. The first-order valence-corrected chi connectivity index (χ1v) is 7.20. The van der Waals surface area contributed by atoms with Crippen LogP contribution >= 0.6 is 0 Å². The van der Waals surface area contributed by atoms with Gasteiger partial charge in [-0.25, -0.2) is 4.68 Å². The van der Waals surface area contributed by atoms with Crippen molar-refractivity contribution >= 4 is 11.5 Å². The molecule has 1 aromatic heterocycles. The van der Waals surface area contributed by atoms with Crippen LogP contribution < -0.4 is 5.32 Å². The molecule has 1 fully saturated rings. The molecule has 1 aromatic rings. The second kappa shape index (κ2) is 6.21. The topological polar surface area (TPSA) is 76.2 Å². The molecule has 0 aromatic carbocycles. The molecule has 1 aliphatic rings. The number of nitro groups is 1. The van der Waals surface area contributed by atoms with Gasteiger partial charge in [-0.1, -0.05) is 6.92 Å². The predicted molar refractivity (Wildman–Crippen MR) is 78.1 cm³/mol. The Kier molecular flexibility index (Phi) is 4.59. The standard InChI is InChI=1S/C13H23N5O2/c1-4-7-17-13(12(18(19)20)10(2)15-17)14-9-11-6-5-8-16(11)3/h11,14H,4-9H2,1-3H3. The number of likely N-dealkylation sites (N-methyl/N-ethyl adjacent to an activating group) is 1. The minimum absolute atomic E-state index is 0.110. The molecule has 0 amide bonds. The molecule has 2 heterocycles. The minimum Gasteiger partial charge on any atom is -0.363 e. The summed E-state index contributed by atoms with van der Waals surface area (Å²) in [5.74, 6) is 0.551. The van der Waals surface area contributed by atoms with Gasteiger partial charge in [0.05, 0.1) is 4.92 Å². The zero-order valence-corrected chi connectivity index (χ0v) is 12.4. The van der Waals surface area contributed by atoms with Crippen LogP contribution in [0.2, 0.25) is 0 Å². The summed E-state index contributed by atoms with van der Waals surface area (Å²) in [5, 5.41) is 18.8. The fourth-order valence-electron chi connectivity index (χ4n) is 2.79.